The molecule has 5 nitrogen and oxygen atoms in total. The number of nitrogens with zero attached hydrogens (tertiary/aromatic N) is 1. The molecule has 5 rings (SSSR count). The van der Waals surface area contributed by atoms with Crippen molar-refractivity contribution in [2.24, 2.45) is 0 Å². The number of hydrogen-bond donors (Lipinski definition) is 2. The van der Waals surface area contributed by atoms with Crippen molar-refractivity contribution in [3.8, 4) is 11.4 Å². The fourth-order valence-corrected chi connectivity index (χ4v) is 3.82. The number of hydrogen-bond acceptors (Lipinski definition) is 3. The second kappa shape index (κ2) is 9.01. The van der Waals surface area contributed by atoms with Gasteiger partial charge >= 0.3 is 0 Å². The molecule has 0 saturated heterocycles. The molecule has 1 aliphatic heterocycles. The molecule has 2 N–H and O–H groups in total. The van der Waals surface area contributed by atoms with Crippen LogP contribution in [0.5, 0.6) is 5.75 Å². The maximum atomic E-state index is 12.6. The number of rotatable bonds is 4. The lowest BCUT2D eigenvalue weighted by atomic mass is 10.0. The topological polar surface area (TPSA) is 59.0 Å². The number of ether oxygens (including phenoxy) is 1. The highest BCUT2D eigenvalue weighted by molar-refractivity contribution is 5.86. The normalized spacial score (nSPS) is 12.7. The van der Waals surface area contributed by atoms with Gasteiger partial charge in [-0.2, -0.15) is 0 Å². The van der Waals surface area contributed by atoms with E-state index < -0.39 is 0 Å². The summed E-state index contributed by atoms with van der Waals surface area (Å²) in [6.07, 6.45) is 2.80. The van der Waals surface area contributed by atoms with Crippen LogP contribution < -0.4 is 15.6 Å². The molecule has 4 aromatic rings. The number of H-pyrrole nitrogens is 1. The van der Waals surface area contributed by atoms with Gasteiger partial charge in [-0.05, 0) is 42.3 Å². The van der Waals surface area contributed by atoms with Crippen molar-refractivity contribution < 1.29 is 4.74 Å². The second-order valence-electron chi connectivity index (χ2n) is 7.08. The summed E-state index contributed by atoms with van der Waals surface area (Å²) in [6, 6.07) is 19.4. The molecule has 0 unspecified atom stereocenters. The quantitative estimate of drug-likeness (QED) is 0.527. The van der Waals surface area contributed by atoms with Crippen LogP contribution in [0.1, 0.15) is 30.7 Å². The predicted octanol–water partition coefficient (Wildman–Crippen LogP) is 4.57. The van der Waals surface area contributed by atoms with Gasteiger partial charge in [-0.1, -0.05) is 50.2 Å². The van der Waals surface area contributed by atoms with Gasteiger partial charge in [0, 0.05) is 35.4 Å². The molecule has 0 radical (unpaired) electrons. The average molecular weight is 402 g/mol. The van der Waals surface area contributed by atoms with Crippen LogP contribution in [0.3, 0.4) is 0 Å². The molecule has 1 aliphatic rings. The van der Waals surface area contributed by atoms with E-state index in [1.165, 1.54) is 22.7 Å². The van der Waals surface area contributed by atoms with Gasteiger partial charge in [-0.25, -0.2) is 0 Å². The Hall–Kier alpha value is -3.31. The fourth-order valence-electron chi connectivity index (χ4n) is 3.82. The highest BCUT2D eigenvalue weighted by Gasteiger charge is 2.15. The van der Waals surface area contributed by atoms with E-state index in [2.05, 4.69) is 16.4 Å². The molecule has 0 spiro atoms. The summed E-state index contributed by atoms with van der Waals surface area (Å²) in [5, 5.41) is 4.63. The molecule has 0 amide bonds. The first kappa shape index (κ1) is 20.0. The lowest BCUT2D eigenvalue weighted by Gasteiger charge is -2.12. The van der Waals surface area contributed by atoms with Crippen LogP contribution in [0, 0.1) is 0 Å². The van der Waals surface area contributed by atoms with Gasteiger partial charge in [0.15, 0.2) is 0 Å². The van der Waals surface area contributed by atoms with Gasteiger partial charge in [0.25, 0.3) is 5.56 Å². The van der Waals surface area contributed by atoms with Gasteiger partial charge in [0.2, 0.25) is 0 Å². The minimum absolute atomic E-state index is 0.108. The molecule has 0 atom stereocenters. The van der Waals surface area contributed by atoms with Crippen LogP contribution in [-0.2, 0) is 19.6 Å². The maximum Gasteiger partial charge on any atom is 0.258 e. The zero-order valence-corrected chi connectivity index (χ0v) is 17.4. The number of pyridine rings is 1. The van der Waals surface area contributed by atoms with E-state index in [4.69, 9.17) is 4.74 Å². The third-order valence-electron chi connectivity index (χ3n) is 5.25. The zero-order valence-electron chi connectivity index (χ0n) is 17.4. The minimum Gasteiger partial charge on any atom is -0.489 e. The van der Waals surface area contributed by atoms with Gasteiger partial charge in [-0.3, -0.25) is 9.36 Å². The standard InChI is InChI=1S/C23H21N3O2.C2H6/c27-23-13-18(28-15-16-4-2-1-3-5-16)9-11-26(23)17-6-7-19-20-8-10-24-14-22(20)25-21(19)12-17;1-2/h1-7,9,11-13,24-25H,8,10,14-15H2;1-2H3. The van der Waals surface area contributed by atoms with E-state index in [-0.39, 0.29) is 5.56 Å². The second-order valence-corrected chi connectivity index (χ2v) is 7.08. The predicted molar refractivity (Wildman–Crippen MR) is 121 cm³/mol. The summed E-state index contributed by atoms with van der Waals surface area (Å²) in [5.41, 5.74) is 5.51. The summed E-state index contributed by atoms with van der Waals surface area (Å²) in [5.74, 6) is 0.576. The molecule has 0 saturated carbocycles. The third kappa shape index (κ3) is 4.02. The first-order chi connectivity index (χ1) is 14.8. The van der Waals surface area contributed by atoms with E-state index in [1.54, 1.807) is 10.8 Å². The molecule has 0 bridgehead atoms. The molecule has 0 fully saturated rings. The summed E-state index contributed by atoms with van der Waals surface area (Å²) in [6.45, 7) is 6.32. The SMILES string of the molecule is CC.O=c1cc(OCc2ccccc2)ccn1-c1ccc2c3c([nH]c2c1)CNCC3. The Labute approximate surface area is 176 Å². The maximum absolute atomic E-state index is 12.6. The molecule has 30 heavy (non-hydrogen) atoms. The van der Waals surface area contributed by atoms with Crippen LogP contribution in [0.15, 0.2) is 71.7 Å². The largest absolute Gasteiger partial charge is 0.489 e. The van der Waals surface area contributed by atoms with Crippen molar-refractivity contribution in [1.29, 1.82) is 0 Å². The summed E-state index contributed by atoms with van der Waals surface area (Å²) in [4.78, 5) is 16.1. The molecule has 154 valence electrons. The van der Waals surface area contributed by atoms with Crippen molar-refractivity contribution in [3.05, 3.63) is 94.0 Å². The van der Waals surface area contributed by atoms with Crippen molar-refractivity contribution in [1.82, 2.24) is 14.9 Å². The monoisotopic (exact) mass is 401 g/mol. The number of aromatic amines is 1. The Morgan fingerprint density at radius 2 is 1.87 bits per heavy atom. The number of benzene rings is 2. The minimum atomic E-state index is -0.108. The lowest BCUT2D eigenvalue weighted by Crippen LogP contribution is -2.22. The number of aromatic nitrogens is 2. The molecule has 0 aliphatic carbocycles. The van der Waals surface area contributed by atoms with E-state index in [0.29, 0.717) is 12.4 Å². The number of nitrogens with one attached hydrogen (secondary N) is 2. The smallest absolute Gasteiger partial charge is 0.258 e. The highest BCUT2D eigenvalue weighted by Crippen LogP contribution is 2.26. The lowest BCUT2D eigenvalue weighted by molar-refractivity contribution is 0.305. The van der Waals surface area contributed by atoms with E-state index in [0.717, 1.165) is 36.3 Å². The molecular formula is C25H27N3O2. The van der Waals surface area contributed by atoms with Crippen molar-refractivity contribution in [3.63, 3.8) is 0 Å². The van der Waals surface area contributed by atoms with Crippen LogP contribution in [-0.4, -0.2) is 16.1 Å². The highest BCUT2D eigenvalue weighted by atomic mass is 16.5. The Morgan fingerprint density at radius 3 is 2.67 bits per heavy atom. The molecule has 2 aromatic heterocycles. The van der Waals surface area contributed by atoms with Crippen molar-refractivity contribution in [2.45, 2.75) is 33.4 Å². The Bertz CT molecular complexity index is 1190. The molecule has 3 heterocycles. The zero-order chi connectivity index (χ0) is 20.9. The Morgan fingerprint density at radius 1 is 1.03 bits per heavy atom. The first-order valence-electron chi connectivity index (χ1n) is 10.5. The molecule has 5 heteroatoms. The molecular weight excluding hydrogens is 374 g/mol. The first-order valence-corrected chi connectivity index (χ1v) is 10.5. The van der Waals surface area contributed by atoms with E-state index in [1.807, 2.05) is 62.4 Å². The summed E-state index contributed by atoms with van der Waals surface area (Å²) in [7, 11) is 0. The van der Waals surface area contributed by atoms with Crippen LogP contribution in [0.4, 0.5) is 0 Å². The molecule has 2 aromatic carbocycles. The Kier molecular flexibility index (Phi) is 6.00. The van der Waals surface area contributed by atoms with E-state index >= 15 is 0 Å². The summed E-state index contributed by atoms with van der Waals surface area (Å²) < 4.78 is 7.41. The third-order valence-corrected chi connectivity index (χ3v) is 5.25. The van der Waals surface area contributed by atoms with Gasteiger partial charge < -0.3 is 15.0 Å². The van der Waals surface area contributed by atoms with Gasteiger partial charge in [0.05, 0.1) is 5.69 Å². The van der Waals surface area contributed by atoms with Crippen molar-refractivity contribution >= 4 is 10.9 Å². The van der Waals surface area contributed by atoms with Crippen LogP contribution in [0.25, 0.3) is 16.6 Å². The van der Waals surface area contributed by atoms with Crippen molar-refractivity contribution in [2.75, 3.05) is 6.54 Å². The van der Waals surface area contributed by atoms with Gasteiger partial charge in [-0.15, -0.1) is 0 Å². The van der Waals surface area contributed by atoms with Gasteiger partial charge in [0.1, 0.15) is 12.4 Å². The number of fused-ring (bicyclic) bond motifs is 3. The van der Waals surface area contributed by atoms with Crippen LogP contribution in [0.2, 0.25) is 0 Å². The Balaban J connectivity index is 0.00000106. The van der Waals surface area contributed by atoms with Crippen LogP contribution >= 0.6 is 0 Å². The summed E-state index contributed by atoms with van der Waals surface area (Å²) >= 11 is 0. The fraction of sp³-hybridized carbons (Fsp3) is 0.240. The van der Waals surface area contributed by atoms with E-state index in [9.17, 15) is 4.79 Å². The average Bonchev–Trinajstić information content (AvgIpc) is 3.17.